The maximum atomic E-state index is 13.6. The Morgan fingerprint density at radius 2 is 1.50 bits per heavy atom. The van der Waals surface area contributed by atoms with Crippen molar-refractivity contribution in [2.45, 2.75) is 58.8 Å². The molecule has 9 heteroatoms. The van der Waals surface area contributed by atoms with Crippen LogP contribution in [0.3, 0.4) is 0 Å². The molecule has 1 aliphatic heterocycles. The highest BCUT2D eigenvalue weighted by Gasteiger charge is 2.45. The van der Waals surface area contributed by atoms with Crippen molar-refractivity contribution in [3.05, 3.63) is 53.6 Å². The zero-order chi connectivity index (χ0) is 26.3. The topological polar surface area (TPSA) is 86.3 Å². The zero-order valence-electron chi connectivity index (χ0n) is 21.9. The van der Waals surface area contributed by atoms with Crippen molar-refractivity contribution in [3.8, 4) is 11.5 Å². The van der Waals surface area contributed by atoms with Crippen LogP contribution in [0, 0.1) is 0 Å². The minimum atomic E-state index is -3.61. The van der Waals surface area contributed by atoms with Gasteiger partial charge in [-0.05, 0) is 75.9 Å². The fourth-order valence-electron chi connectivity index (χ4n) is 4.01. The Morgan fingerprint density at radius 1 is 0.944 bits per heavy atom. The van der Waals surface area contributed by atoms with E-state index in [0.717, 1.165) is 29.0 Å². The molecule has 1 atom stereocenters. The number of hydrogen-bond acceptors (Lipinski definition) is 6. The molecule has 0 aromatic heterocycles. The van der Waals surface area contributed by atoms with Gasteiger partial charge in [-0.2, -0.15) is 4.67 Å². The summed E-state index contributed by atoms with van der Waals surface area (Å²) >= 11 is 0. The summed E-state index contributed by atoms with van der Waals surface area (Å²) in [5, 5.41) is 2.95. The molecular weight excluding hydrogens is 479 g/mol. The number of nitrogens with one attached hydrogen (secondary N) is 1. The Bertz CT molecular complexity index is 1060. The second kappa shape index (κ2) is 12.5. The Hall–Kier alpha value is -2.64. The third-order valence-corrected chi connectivity index (χ3v) is 8.03. The summed E-state index contributed by atoms with van der Waals surface area (Å²) in [5.74, 6) is 1.21. The summed E-state index contributed by atoms with van der Waals surface area (Å²) < 4.78 is 37.3. The van der Waals surface area contributed by atoms with Crippen molar-refractivity contribution in [1.29, 1.82) is 0 Å². The summed E-state index contributed by atoms with van der Waals surface area (Å²) in [6.07, 6.45) is 4.68. The lowest BCUT2D eigenvalue weighted by Crippen LogP contribution is -2.39. The lowest BCUT2D eigenvalue weighted by atomic mass is 10.1. The van der Waals surface area contributed by atoms with E-state index in [0.29, 0.717) is 18.7 Å². The van der Waals surface area contributed by atoms with Crippen molar-refractivity contribution in [1.82, 2.24) is 4.67 Å². The van der Waals surface area contributed by atoms with Gasteiger partial charge in [-0.3, -0.25) is 13.8 Å². The predicted molar refractivity (Wildman–Crippen MR) is 143 cm³/mol. The number of carbonyl (C=O) groups is 1. The first-order chi connectivity index (χ1) is 17.1. The van der Waals surface area contributed by atoms with Gasteiger partial charge in [0.2, 0.25) is 5.91 Å². The van der Waals surface area contributed by atoms with Crippen molar-refractivity contribution in [2.75, 3.05) is 26.1 Å². The van der Waals surface area contributed by atoms with E-state index in [4.69, 9.17) is 18.5 Å². The van der Waals surface area contributed by atoms with Gasteiger partial charge in [0.25, 0.3) is 0 Å². The Kier molecular flexibility index (Phi) is 9.74. The highest BCUT2D eigenvalue weighted by molar-refractivity contribution is 7.51. The van der Waals surface area contributed by atoms with Crippen molar-refractivity contribution in [3.63, 3.8) is 0 Å². The van der Waals surface area contributed by atoms with Crippen LogP contribution in [-0.2, 0) is 18.4 Å². The lowest BCUT2D eigenvalue weighted by Gasteiger charge is -2.33. The third-order valence-electron chi connectivity index (χ3n) is 5.55. The smallest absolute Gasteiger partial charge is 0.409 e. The molecule has 0 saturated carbocycles. The Balaban J connectivity index is 1.69. The molecule has 1 saturated heterocycles. The molecule has 8 nitrogen and oxygen atoms in total. The van der Waals surface area contributed by atoms with Gasteiger partial charge in [-0.15, -0.1) is 0 Å². The first-order valence-electron chi connectivity index (χ1n) is 12.2. The fourth-order valence-corrected chi connectivity index (χ4v) is 6.32. The molecule has 2 aromatic carbocycles. The summed E-state index contributed by atoms with van der Waals surface area (Å²) in [4.78, 5) is 13.1. The van der Waals surface area contributed by atoms with Gasteiger partial charge in [0, 0.05) is 18.3 Å². The van der Waals surface area contributed by atoms with E-state index in [1.165, 1.54) is 0 Å². The minimum Gasteiger partial charge on any atom is -0.497 e. The molecular formula is C27H37N2O6P. The van der Waals surface area contributed by atoms with Crippen LogP contribution in [0.4, 0.5) is 5.69 Å². The lowest BCUT2D eigenvalue weighted by molar-refractivity contribution is -0.119. The van der Waals surface area contributed by atoms with Crippen LogP contribution in [-0.4, -0.2) is 49.6 Å². The summed E-state index contributed by atoms with van der Waals surface area (Å²) in [6.45, 7) is 7.71. The van der Waals surface area contributed by atoms with E-state index in [9.17, 15) is 9.36 Å². The second-order valence-corrected chi connectivity index (χ2v) is 11.1. The molecule has 1 amide bonds. The molecule has 0 bridgehead atoms. The van der Waals surface area contributed by atoms with Crippen LogP contribution in [0.5, 0.6) is 11.5 Å². The second-order valence-electron chi connectivity index (χ2n) is 9.19. The highest BCUT2D eigenvalue weighted by Crippen LogP contribution is 2.57. The van der Waals surface area contributed by atoms with Crippen molar-refractivity contribution < 1.29 is 27.9 Å². The number of nitrogens with zero attached hydrogens (tertiary/aromatic N) is 1. The number of ether oxygens (including phenoxy) is 2. The average Bonchev–Trinajstić information content (AvgIpc) is 3.33. The molecule has 36 heavy (non-hydrogen) atoms. The van der Waals surface area contributed by atoms with Crippen LogP contribution in [0.25, 0.3) is 12.2 Å². The van der Waals surface area contributed by atoms with Gasteiger partial charge in [0.05, 0.1) is 32.5 Å². The predicted octanol–water partition coefficient (Wildman–Crippen LogP) is 6.24. The van der Waals surface area contributed by atoms with Crippen LogP contribution >= 0.6 is 7.75 Å². The van der Waals surface area contributed by atoms with E-state index in [2.05, 4.69) is 5.32 Å². The number of anilines is 1. The molecule has 0 radical (unpaired) electrons. The van der Waals surface area contributed by atoms with E-state index < -0.39 is 13.8 Å². The molecule has 1 fully saturated rings. The van der Waals surface area contributed by atoms with Gasteiger partial charge in [0.1, 0.15) is 11.5 Å². The number of amides is 1. The highest BCUT2D eigenvalue weighted by atomic mass is 31.2. The normalized spacial score (nSPS) is 16.7. The molecule has 3 rings (SSSR count). The monoisotopic (exact) mass is 516 g/mol. The molecule has 0 aliphatic carbocycles. The first-order valence-corrected chi connectivity index (χ1v) is 13.7. The minimum absolute atomic E-state index is 0.223. The number of rotatable bonds is 11. The molecule has 1 aliphatic rings. The largest absolute Gasteiger partial charge is 0.497 e. The van der Waals surface area contributed by atoms with Crippen LogP contribution < -0.4 is 14.8 Å². The number of carbonyl (C=O) groups excluding carboxylic acids is 1. The Morgan fingerprint density at radius 3 is 2.03 bits per heavy atom. The first kappa shape index (κ1) is 27.9. The van der Waals surface area contributed by atoms with Crippen molar-refractivity contribution in [2.24, 2.45) is 0 Å². The maximum absolute atomic E-state index is 13.6. The van der Waals surface area contributed by atoms with E-state index in [1.807, 2.05) is 82.3 Å². The van der Waals surface area contributed by atoms with E-state index in [1.54, 1.807) is 18.9 Å². The number of hydrogen-bond donors (Lipinski definition) is 1. The molecule has 196 valence electrons. The van der Waals surface area contributed by atoms with Gasteiger partial charge in [-0.1, -0.05) is 24.3 Å². The van der Waals surface area contributed by atoms with E-state index >= 15 is 0 Å². The molecule has 0 spiro atoms. The number of benzene rings is 2. The standard InChI is InChI=1S/C27H37N2O6P/c1-19(2)34-36(31,35-20(3)4)29-15-7-8-26(29)27(30)28-23-13-11-21(12-14-23)9-10-22-16-24(32-5)18-25(17-22)33-6/h9-14,16-20,26H,7-8,15H2,1-6H3,(H,28,30)/b10-9+. The van der Waals surface area contributed by atoms with Crippen LogP contribution in [0.1, 0.15) is 51.7 Å². The zero-order valence-corrected chi connectivity index (χ0v) is 22.8. The van der Waals surface area contributed by atoms with Gasteiger partial charge >= 0.3 is 7.75 Å². The maximum Gasteiger partial charge on any atom is 0.409 e. The van der Waals surface area contributed by atoms with Crippen LogP contribution in [0.2, 0.25) is 0 Å². The van der Waals surface area contributed by atoms with Gasteiger partial charge in [0.15, 0.2) is 0 Å². The van der Waals surface area contributed by atoms with Gasteiger partial charge < -0.3 is 14.8 Å². The quantitative estimate of drug-likeness (QED) is 0.280. The number of methoxy groups -OCH3 is 2. The van der Waals surface area contributed by atoms with Gasteiger partial charge in [-0.25, -0.2) is 4.57 Å². The Labute approximate surface area is 214 Å². The molecule has 1 N–H and O–H groups in total. The van der Waals surface area contributed by atoms with E-state index in [-0.39, 0.29) is 18.1 Å². The fraction of sp³-hybridized carbons (Fsp3) is 0.444. The SMILES string of the molecule is COc1cc(/C=C/c2ccc(NC(=O)C3CCCN3P(=O)(OC(C)C)OC(C)C)cc2)cc(OC)c1. The van der Waals surface area contributed by atoms with Crippen LogP contribution in [0.15, 0.2) is 42.5 Å². The average molecular weight is 517 g/mol. The van der Waals surface area contributed by atoms with Crippen molar-refractivity contribution >= 4 is 31.5 Å². The molecule has 1 heterocycles. The third kappa shape index (κ3) is 7.43. The molecule has 2 aromatic rings. The molecule has 1 unspecified atom stereocenters. The summed E-state index contributed by atoms with van der Waals surface area (Å²) in [6, 6.07) is 12.6. The summed E-state index contributed by atoms with van der Waals surface area (Å²) in [5.41, 5.74) is 2.58. The summed E-state index contributed by atoms with van der Waals surface area (Å²) in [7, 11) is -0.369.